The zero-order chi connectivity index (χ0) is 27.3. The minimum Gasteiger partial charge on any atom is -0.508 e. The van der Waals surface area contributed by atoms with Crippen LogP contribution in [0.25, 0.3) is 5.57 Å². The van der Waals surface area contributed by atoms with E-state index < -0.39 is 29.9 Å². The molecule has 0 amide bonds. The standard InChI is InChI=1S/C29H35NO7S2/c31-22-7-10-25-24-11-12-29(38(32,33)17-4-18-39(29,34)35)20-26(24)28(37-27(25)19-22)21-5-8-23(9-6-21)36-16-15-30-13-2-1-3-14-30/h5-10,19,28,31H,1-4,11-18,20H2. The summed E-state index contributed by atoms with van der Waals surface area (Å²) in [6.45, 7) is 3.71. The van der Waals surface area contributed by atoms with E-state index in [-0.39, 0.29) is 36.5 Å². The Hall–Kier alpha value is -2.56. The first-order chi connectivity index (χ1) is 18.7. The molecule has 2 aromatic carbocycles. The molecule has 8 nitrogen and oxygen atoms in total. The predicted octanol–water partition coefficient (Wildman–Crippen LogP) is 4.26. The van der Waals surface area contributed by atoms with E-state index in [1.807, 2.05) is 24.3 Å². The molecule has 1 N–H and O–H groups in total. The van der Waals surface area contributed by atoms with Crippen molar-refractivity contribution >= 4 is 25.2 Å². The van der Waals surface area contributed by atoms with Crippen LogP contribution in [-0.2, 0) is 19.7 Å². The van der Waals surface area contributed by atoms with Gasteiger partial charge in [0.2, 0.25) is 0 Å². The van der Waals surface area contributed by atoms with Gasteiger partial charge in [-0.3, -0.25) is 4.90 Å². The Bertz CT molecular complexity index is 1460. The fourth-order valence-electron chi connectivity index (χ4n) is 6.59. The van der Waals surface area contributed by atoms with Crippen LogP contribution in [0.4, 0.5) is 0 Å². The summed E-state index contributed by atoms with van der Waals surface area (Å²) in [7, 11) is -7.72. The van der Waals surface area contributed by atoms with E-state index >= 15 is 0 Å². The van der Waals surface area contributed by atoms with Gasteiger partial charge in [-0.15, -0.1) is 0 Å². The molecule has 10 heteroatoms. The summed E-state index contributed by atoms with van der Waals surface area (Å²) in [6.07, 6.45) is 3.48. The highest BCUT2D eigenvalue weighted by Gasteiger charge is 2.59. The van der Waals surface area contributed by atoms with E-state index in [9.17, 15) is 21.9 Å². The molecule has 2 fully saturated rings. The summed E-state index contributed by atoms with van der Waals surface area (Å²) in [5.74, 6) is 1.07. The van der Waals surface area contributed by atoms with Crippen molar-refractivity contribution in [2.75, 3.05) is 37.7 Å². The monoisotopic (exact) mass is 573 g/mol. The Balaban J connectivity index is 1.31. The molecule has 3 heterocycles. The fourth-order valence-corrected chi connectivity index (χ4v) is 12.2. The number of nitrogens with zero attached hydrogens (tertiary/aromatic N) is 1. The van der Waals surface area contributed by atoms with Gasteiger partial charge in [0.1, 0.15) is 30.0 Å². The second-order valence-electron chi connectivity index (χ2n) is 11.1. The Labute approximate surface area is 230 Å². The van der Waals surface area contributed by atoms with Gasteiger partial charge in [0.25, 0.3) is 0 Å². The van der Waals surface area contributed by atoms with Crippen LogP contribution in [0.2, 0.25) is 0 Å². The zero-order valence-electron chi connectivity index (χ0n) is 22.0. The molecule has 210 valence electrons. The number of fused-ring (bicyclic) bond motifs is 2. The zero-order valence-corrected chi connectivity index (χ0v) is 23.6. The lowest BCUT2D eigenvalue weighted by Gasteiger charge is -2.44. The molecule has 1 unspecified atom stereocenters. The minimum atomic E-state index is -3.86. The van der Waals surface area contributed by atoms with Crippen LogP contribution in [-0.4, -0.2) is 68.7 Å². The molecule has 2 aromatic rings. The van der Waals surface area contributed by atoms with E-state index in [0.717, 1.165) is 42.1 Å². The number of phenols is 1. The molecule has 1 atom stereocenters. The largest absolute Gasteiger partial charge is 0.508 e. The molecule has 3 aliphatic heterocycles. The van der Waals surface area contributed by atoms with Gasteiger partial charge >= 0.3 is 0 Å². The van der Waals surface area contributed by atoms with Gasteiger partial charge in [-0.2, -0.15) is 0 Å². The lowest BCUT2D eigenvalue weighted by atomic mass is 9.80. The van der Waals surface area contributed by atoms with Gasteiger partial charge < -0.3 is 14.6 Å². The average Bonchev–Trinajstić information content (AvgIpc) is 2.92. The molecule has 2 saturated heterocycles. The quantitative estimate of drug-likeness (QED) is 0.565. The third-order valence-electron chi connectivity index (χ3n) is 8.72. The molecule has 39 heavy (non-hydrogen) atoms. The number of sulfone groups is 2. The van der Waals surface area contributed by atoms with E-state index in [1.54, 1.807) is 18.2 Å². The van der Waals surface area contributed by atoms with Crippen molar-refractivity contribution in [2.45, 2.75) is 55.1 Å². The third kappa shape index (κ3) is 4.74. The van der Waals surface area contributed by atoms with Gasteiger partial charge in [-0.05, 0) is 86.2 Å². The van der Waals surface area contributed by atoms with Crippen LogP contribution in [0.5, 0.6) is 17.2 Å². The summed E-state index contributed by atoms with van der Waals surface area (Å²) in [5.41, 5.74) is 3.15. The van der Waals surface area contributed by atoms with E-state index in [4.69, 9.17) is 9.47 Å². The molecule has 0 bridgehead atoms. The van der Waals surface area contributed by atoms with Crippen LogP contribution < -0.4 is 9.47 Å². The van der Waals surface area contributed by atoms with Crippen LogP contribution in [0.15, 0.2) is 48.0 Å². The first kappa shape index (κ1) is 26.7. The normalized spacial score (nSPS) is 25.4. The van der Waals surface area contributed by atoms with Gasteiger partial charge in [0.05, 0.1) is 11.5 Å². The van der Waals surface area contributed by atoms with Crippen molar-refractivity contribution in [1.82, 2.24) is 4.90 Å². The highest BCUT2D eigenvalue weighted by Crippen LogP contribution is 2.55. The van der Waals surface area contributed by atoms with Crippen molar-refractivity contribution in [2.24, 2.45) is 0 Å². The molecule has 0 saturated carbocycles. The average molecular weight is 574 g/mol. The van der Waals surface area contributed by atoms with E-state index in [2.05, 4.69) is 4.90 Å². The molecular weight excluding hydrogens is 538 g/mol. The summed E-state index contributed by atoms with van der Waals surface area (Å²) in [6, 6.07) is 12.4. The minimum absolute atomic E-state index is 0.0351. The number of hydrogen-bond acceptors (Lipinski definition) is 8. The molecule has 4 aliphatic rings. The number of benzene rings is 2. The molecule has 0 radical (unpaired) electrons. The summed E-state index contributed by atoms with van der Waals surface area (Å²) in [4.78, 5) is 2.42. The maximum absolute atomic E-state index is 13.3. The Kier molecular flexibility index (Phi) is 6.92. The van der Waals surface area contributed by atoms with Crippen molar-refractivity contribution in [3.8, 4) is 17.2 Å². The van der Waals surface area contributed by atoms with Gasteiger partial charge in [0.15, 0.2) is 23.8 Å². The number of likely N-dealkylation sites (tertiary alicyclic amines) is 1. The maximum atomic E-state index is 13.3. The van der Waals surface area contributed by atoms with Crippen LogP contribution in [0, 0.1) is 0 Å². The Morgan fingerprint density at radius 1 is 0.949 bits per heavy atom. The van der Waals surface area contributed by atoms with Crippen molar-refractivity contribution < 1.29 is 31.4 Å². The number of ether oxygens (including phenoxy) is 2. The van der Waals surface area contributed by atoms with E-state index in [1.165, 1.54) is 19.3 Å². The maximum Gasteiger partial charge on any atom is 0.177 e. The molecule has 0 aromatic heterocycles. The molecule has 1 spiro atoms. The fraction of sp³-hybridized carbons (Fsp3) is 0.517. The van der Waals surface area contributed by atoms with Crippen LogP contribution in [0.3, 0.4) is 0 Å². The van der Waals surface area contributed by atoms with E-state index in [0.29, 0.717) is 24.4 Å². The first-order valence-corrected chi connectivity index (χ1v) is 17.1. The van der Waals surface area contributed by atoms with Crippen LogP contribution in [0.1, 0.15) is 62.2 Å². The predicted molar refractivity (Wildman–Crippen MR) is 149 cm³/mol. The SMILES string of the molecule is O=S1(=O)CCCS(=O)(=O)C12CCC1=C(C2)C(c2ccc(OCCN3CCCCC3)cc2)Oc2cc(O)ccc21. The third-order valence-corrected chi connectivity index (χ3v) is 14.9. The van der Waals surface area contributed by atoms with Crippen molar-refractivity contribution in [3.63, 3.8) is 0 Å². The Morgan fingerprint density at radius 3 is 2.38 bits per heavy atom. The number of hydrogen-bond donors (Lipinski definition) is 1. The number of aromatic hydroxyl groups is 1. The summed E-state index contributed by atoms with van der Waals surface area (Å²) >= 11 is 0. The number of rotatable bonds is 5. The second kappa shape index (κ2) is 10.1. The smallest absolute Gasteiger partial charge is 0.177 e. The lowest BCUT2D eigenvalue weighted by molar-refractivity contribution is 0.183. The van der Waals surface area contributed by atoms with Crippen LogP contribution >= 0.6 is 0 Å². The number of phenolic OH excluding ortho intramolecular Hbond substituents is 1. The van der Waals surface area contributed by atoms with Crippen molar-refractivity contribution in [1.29, 1.82) is 0 Å². The second-order valence-corrected chi connectivity index (χ2v) is 16.2. The topological polar surface area (TPSA) is 110 Å². The number of allylic oxidation sites excluding steroid dienone is 1. The van der Waals surface area contributed by atoms with Crippen molar-refractivity contribution in [3.05, 3.63) is 59.2 Å². The highest BCUT2D eigenvalue weighted by molar-refractivity contribution is 8.10. The highest BCUT2D eigenvalue weighted by atomic mass is 32.3. The van der Waals surface area contributed by atoms with Gasteiger partial charge in [-0.25, -0.2) is 16.8 Å². The molecule has 1 aliphatic carbocycles. The van der Waals surface area contributed by atoms with Gasteiger partial charge in [0, 0.05) is 24.6 Å². The lowest BCUT2D eigenvalue weighted by Crippen LogP contribution is -2.54. The first-order valence-electron chi connectivity index (χ1n) is 13.8. The summed E-state index contributed by atoms with van der Waals surface area (Å²) in [5, 5.41) is 10.1. The Morgan fingerprint density at radius 2 is 1.67 bits per heavy atom. The number of piperidine rings is 1. The summed E-state index contributed by atoms with van der Waals surface area (Å²) < 4.78 is 63.9. The molecule has 6 rings (SSSR count). The van der Waals surface area contributed by atoms with Gasteiger partial charge in [-0.1, -0.05) is 18.6 Å². The molecular formula is C29H35NO7S2.